The molecule has 1 aliphatic carbocycles. The van der Waals surface area contributed by atoms with Crippen molar-refractivity contribution in [3.05, 3.63) is 12.3 Å². The monoisotopic (exact) mass is 1080 g/mol. The number of carbonyl (C=O) groups is 1. The third-order valence-electron chi connectivity index (χ3n) is 13.7. The number of carbonyl (C=O) groups excluding carboxylic acids is 1. The maximum Gasteiger partial charge on any atom is 0.475 e. The standard InChI is InChI=1S/C49H92NO22P/c1-3-5-7-9-11-13-15-17-19-21-23-25-27-65-32(30-66-35(53)26-24-22-20-18-16-14-12-10-8-6-4-2)31-67-73(63,64)72-49(71-47-36(50)39(56)37(54)33(28-51)68-47)45(62)42(59)41(58)43(60)46(49)70-48-44(61)40(57)38(55)34(29-52)69-48/h25,27,32-34,36-48,51-52,54-62H,3-24,26,28-31,50H2,1-2H3,(H,63,64)/b27-25+/t32-,33-,34-,36-,37-,38-,39-,40+,41-,42-,43+,44+,45+,46+,47-,48-,49+/m1/s1. The SMILES string of the molecule is CCCCCCCCCCCC/C=C/O[C@H](COC(=O)CCCCCCCCCCCCC)COP(=O)(O)O[C@@]1(O[C@H]2O[C@H](CO)[C@@H](O)[C@H](O)[C@H]2N)[C@@H](O)[C@H](O)[C@@H](O)[C@H](O)[C@@H]1O[C@H]1O[C@H](CO)[C@@H](O)[C@H](O)[C@@H]1O. The van der Waals surface area contributed by atoms with Crippen LogP contribution in [-0.4, -0.2) is 197 Å². The molecule has 2 saturated heterocycles. The van der Waals surface area contributed by atoms with Crippen LogP contribution in [0.2, 0.25) is 0 Å². The summed E-state index contributed by atoms with van der Waals surface area (Å²) in [7, 11) is -5.84. The topological polar surface area (TPSA) is 377 Å². The Bertz CT molecular complexity index is 1550. The molecule has 3 rings (SSSR count). The molecule has 1 saturated carbocycles. The fourth-order valence-corrected chi connectivity index (χ4v) is 10.1. The van der Waals surface area contributed by atoms with Crippen LogP contribution in [0.5, 0.6) is 0 Å². The Balaban J connectivity index is 1.83. The normalized spacial score (nSPS) is 34.2. The molecule has 0 radical (unpaired) electrons. The first-order chi connectivity index (χ1) is 34.9. The van der Waals surface area contributed by atoms with Gasteiger partial charge in [0, 0.05) is 6.42 Å². The molecular formula is C49H92NO22P. The molecule has 0 amide bonds. The van der Waals surface area contributed by atoms with Crippen molar-refractivity contribution < 1.29 is 108 Å². The van der Waals surface area contributed by atoms with Gasteiger partial charge in [-0.1, -0.05) is 136 Å². The van der Waals surface area contributed by atoms with E-state index in [-0.39, 0.29) is 6.42 Å². The predicted molar refractivity (Wildman–Crippen MR) is 262 cm³/mol. The summed E-state index contributed by atoms with van der Waals surface area (Å²) in [5.74, 6) is -4.12. The maximum atomic E-state index is 14.2. The third kappa shape index (κ3) is 21.3. The molecule has 2 aliphatic heterocycles. The fraction of sp³-hybridized carbons (Fsp3) is 0.939. The number of esters is 1. The van der Waals surface area contributed by atoms with Gasteiger partial charge in [-0.25, -0.2) is 9.09 Å². The Morgan fingerprint density at radius 3 is 1.63 bits per heavy atom. The Hall–Kier alpha value is -1.52. The molecule has 14 N–H and O–H groups in total. The summed E-state index contributed by atoms with van der Waals surface area (Å²) >= 11 is 0. The third-order valence-corrected chi connectivity index (χ3v) is 14.7. The predicted octanol–water partition coefficient (Wildman–Crippen LogP) is 1.70. The van der Waals surface area contributed by atoms with Gasteiger partial charge in [-0.2, -0.15) is 0 Å². The summed E-state index contributed by atoms with van der Waals surface area (Å²) in [5.41, 5.74) is 6.12. The van der Waals surface area contributed by atoms with E-state index in [0.717, 1.165) is 51.4 Å². The number of aliphatic hydroxyl groups excluding tert-OH is 11. The number of hydrogen-bond donors (Lipinski definition) is 13. The molecule has 0 aromatic rings. The molecule has 0 bridgehead atoms. The second-order valence-corrected chi connectivity index (χ2v) is 21.1. The maximum absolute atomic E-state index is 14.2. The average molecular weight is 1080 g/mol. The Morgan fingerprint density at radius 1 is 0.616 bits per heavy atom. The van der Waals surface area contributed by atoms with E-state index in [4.69, 9.17) is 43.2 Å². The molecule has 24 heteroatoms. The summed E-state index contributed by atoms with van der Waals surface area (Å²) in [4.78, 5) is 24.4. The smallest absolute Gasteiger partial charge is 0.475 e. The quantitative estimate of drug-likeness (QED) is 0.0138. The number of hydrogen-bond acceptors (Lipinski definition) is 22. The second-order valence-electron chi connectivity index (χ2n) is 19.7. The van der Waals surface area contributed by atoms with Crippen molar-refractivity contribution in [1.82, 2.24) is 0 Å². The number of nitrogens with two attached hydrogens (primary N) is 1. The zero-order chi connectivity index (χ0) is 54.0. The van der Waals surface area contributed by atoms with Crippen LogP contribution in [0.25, 0.3) is 0 Å². The van der Waals surface area contributed by atoms with Crippen molar-refractivity contribution in [1.29, 1.82) is 0 Å². The van der Waals surface area contributed by atoms with E-state index in [1.807, 2.05) is 0 Å². The van der Waals surface area contributed by atoms with Gasteiger partial charge in [0.2, 0.25) is 5.79 Å². The molecule has 73 heavy (non-hydrogen) atoms. The van der Waals surface area contributed by atoms with Crippen LogP contribution < -0.4 is 5.73 Å². The molecule has 23 nitrogen and oxygen atoms in total. The van der Waals surface area contributed by atoms with Crippen molar-refractivity contribution in [2.24, 2.45) is 5.73 Å². The van der Waals surface area contributed by atoms with Gasteiger partial charge < -0.3 is 95.2 Å². The number of rotatable bonds is 38. The van der Waals surface area contributed by atoms with E-state index < -0.39 is 144 Å². The largest absolute Gasteiger partial charge is 0.492 e. The number of unbranched alkanes of at least 4 members (excludes halogenated alkanes) is 20. The molecule has 430 valence electrons. The number of ether oxygens (including phenoxy) is 6. The van der Waals surface area contributed by atoms with Crippen molar-refractivity contribution in [2.45, 2.75) is 265 Å². The van der Waals surface area contributed by atoms with Crippen LogP contribution in [0.4, 0.5) is 0 Å². The van der Waals surface area contributed by atoms with Gasteiger partial charge >= 0.3 is 13.8 Å². The summed E-state index contributed by atoms with van der Waals surface area (Å²) in [6.07, 6.45) is -4.94. The van der Waals surface area contributed by atoms with E-state index in [9.17, 15) is 70.4 Å². The lowest BCUT2D eigenvalue weighted by Gasteiger charge is -2.54. The minimum atomic E-state index is -5.84. The minimum absolute atomic E-state index is 0.0963. The first kappa shape index (κ1) is 65.8. The highest BCUT2D eigenvalue weighted by molar-refractivity contribution is 7.47. The second kappa shape index (κ2) is 35.1. The van der Waals surface area contributed by atoms with Crippen LogP contribution in [0, 0.1) is 0 Å². The van der Waals surface area contributed by atoms with Crippen molar-refractivity contribution in [3.8, 4) is 0 Å². The lowest BCUT2D eigenvalue weighted by atomic mass is 9.81. The Kier molecular flexibility index (Phi) is 31.6. The zero-order valence-corrected chi connectivity index (χ0v) is 43.9. The van der Waals surface area contributed by atoms with Crippen molar-refractivity contribution in [2.75, 3.05) is 26.4 Å². The van der Waals surface area contributed by atoms with E-state index in [1.165, 1.54) is 83.3 Å². The van der Waals surface area contributed by atoms with Crippen molar-refractivity contribution >= 4 is 13.8 Å². The van der Waals surface area contributed by atoms with Crippen LogP contribution in [0.1, 0.15) is 162 Å². The van der Waals surface area contributed by atoms with E-state index in [0.29, 0.717) is 12.8 Å². The lowest BCUT2D eigenvalue weighted by Crippen LogP contribution is -2.76. The Labute approximate surface area is 430 Å². The molecule has 0 aromatic heterocycles. The number of aliphatic hydroxyl groups is 11. The van der Waals surface area contributed by atoms with Crippen LogP contribution in [-0.2, 0) is 46.8 Å². The van der Waals surface area contributed by atoms with Gasteiger partial charge in [0.05, 0.1) is 32.1 Å². The summed E-state index contributed by atoms with van der Waals surface area (Å²) < 4.78 is 58.9. The minimum Gasteiger partial charge on any atom is -0.492 e. The van der Waals surface area contributed by atoms with Gasteiger partial charge in [-0.15, -0.1) is 0 Å². The molecule has 18 atom stereocenters. The highest BCUT2D eigenvalue weighted by atomic mass is 31.2. The average Bonchev–Trinajstić information content (AvgIpc) is 3.37. The van der Waals surface area contributed by atoms with Crippen LogP contribution in [0.15, 0.2) is 12.3 Å². The highest BCUT2D eigenvalue weighted by Gasteiger charge is 2.67. The van der Waals surface area contributed by atoms with Gasteiger partial charge in [0.25, 0.3) is 0 Å². The molecule has 1 unspecified atom stereocenters. The summed E-state index contributed by atoms with van der Waals surface area (Å²) in [6.45, 7) is 1.07. The molecule has 2 heterocycles. The van der Waals surface area contributed by atoms with Gasteiger partial charge in [-0.3, -0.25) is 9.32 Å². The van der Waals surface area contributed by atoms with E-state index >= 15 is 0 Å². The van der Waals surface area contributed by atoms with E-state index in [1.54, 1.807) is 6.08 Å². The van der Waals surface area contributed by atoms with Gasteiger partial charge in [-0.05, 0) is 25.3 Å². The van der Waals surface area contributed by atoms with Crippen molar-refractivity contribution in [3.63, 3.8) is 0 Å². The van der Waals surface area contributed by atoms with Gasteiger partial charge in [0.15, 0.2) is 18.7 Å². The molecule has 0 spiro atoms. The first-order valence-corrected chi connectivity index (χ1v) is 28.3. The van der Waals surface area contributed by atoms with Crippen LogP contribution >= 0.6 is 7.82 Å². The van der Waals surface area contributed by atoms with Gasteiger partial charge in [0.1, 0.15) is 79.9 Å². The number of allylic oxidation sites excluding steroid dienone is 1. The van der Waals surface area contributed by atoms with Crippen LogP contribution in [0.3, 0.4) is 0 Å². The summed E-state index contributed by atoms with van der Waals surface area (Å²) in [6, 6.07) is -1.86. The fourth-order valence-electron chi connectivity index (χ4n) is 9.05. The molecular weight excluding hydrogens is 985 g/mol. The number of phosphoric acid groups is 1. The Morgan fingerprint density at radius 2 is 1.10 bits per heavy atom. The zero-order valence-electron chi connectivity index (χ0n) is 43.0. The van der Waals surface area contributed by atoms with E-state index in [2.05, 4.69) is 13.8 Å². The highest BCUT2D eigenvalue weighted by Crippen LogP contribution is 2.53. The molecule has 3 aliphatic rings. The summed E-state index contributed by atoms with van der Waals surface area (Å²) in [5, 5.41) is 118. The number of phosphoric ester groups is 1. The first-order valence-electron chi connectivity index (χ1n) is 26.8. The lowest BCUT2D eigenvalue weighted by molar-refractivity contribution is -0.428. The molecule has 0 aromatic carbocycles. The molecule has 3 fully saturated rings.